The number of carbonyl (C=O) groups excluding carboxylic acids is 2. The van der Waals surface area contributed by atoms with Gasteiger partial charge in [-0.1, -0.05) is 60.7 Å². The molecule has 9 heteroatoms. The summed E-state index contributed by atoms with van der Waals surface area (Å²) in [5.74, 6) is -1.77. The van der Waals surface area contributed by atoms with Gasteiger partial charge in [0.25, 0.3) is 0 Å². The molecule has 0 aliphatic carbocycles. The lowest BCUT2D eigenvalue weighted by Gasteiger charge is -2.38. The summed E-state index contributed by atoms with van der Waals surface area (Å²) in [5, 5.41) is 0. The van der Waals surface area contributed by atoms with E-state index in [0.717, 1.165) is 11.1 Å². The largest absolute Gasteiger partial charge is 0.331 e. The quantitative estimate of drug-likeness (QED) is 0.542. The first kappa shape index (κ1) is 23.6. The standard InChI is InChI=1S/C22H24Cl2N2O4S/c23-11-21(27)25(13-17-7-3-1-4-8-17)19-15-31(29,30)16-20(19)26(22(28)12-24)14-18-9-5-2-6-10-18/h1-10,19-20H,11-16H2. The van der Waals surface area contributed by atoms with E-state index in [0.29, 0.717) is 0 Å². The Balaban J connectivity index is 1.97. The average Bonchev–Trinajstić information content (AvgIpc) is 3.10. The lowest BCUT2D eigenvalue weighted by molar-refractivity contribution is -0.137. The summed E-state index contributed by atoms with van der Waals surface area (Å²) in [6.07, 6.45) is 0. The van der Waals surface area contributed by atoms with Crippen LogP contribution in [0, 0.1) is 0 Å². The SMILES string of the molecule is O=C(CCl)N(Cc1ccccc1)C1CS(=O)(=O)CC1N(Cc1ccccc1)C(=O)CCl. The monoisotopic (exact) mass is 482 g/mol. The van der Waals surface area contributed by atoms with Gasteiger partial charge in [-0.2, -0.15) is 0 Å². The van der Waals surface area contributed by atoms with Gasteiger partial charge in [-0.05, 0) is 11.1 Å². The van der Waals surface area contributed by atoms with Crippen molar-refractivity contribution >= 4 is 44.9 Å². The molecule has 1 saturated heterocycles. The second-order valence-corrected chi connectivity index (χ2v) is 10.2. The Morgan fingerprint density at radius 2 is 1.10 bits per heavy atom. The molecule has 6 nitrogen and oxygen atoms in total. The summed E-state index contributed by atoms with van der Waals surface area (Å²) < 4.78 is 25.3. The molecule has 2 aromatic rings. The van der Waals surface area contributed by atoms with Crippen molar-refractivity contribution in [3.05, 3.63) is 71.8 Å². The number of hydrogen-bond acceptors (Lipinski definition) is 4. The molecule has 0 saturated carbocycles. The van der Waals surface area contributed by atoms with Gasteiger partial charge in [0.15, 0.2) is 9.84 Å². The lowest BCUT2D eigenvalue weighted by Crippen LogP contribution is -2.54. The van der Waals surface area contributed by atoms with E-state index in [1.807, 2.05) is 60.7 Å². The van der Waals surface area contributed by atoms with Gasteiger partial charge in [-0.15, -0.1) is 23.2 Å². The summed E-state index contributed by atoms with van der Waals surface area (Å²) >= 11 is 11.7. The van der Waals surface area contributed by atoms with Crippen molar-refractivity contribution in [2.45, 2.75) is 25.2 Å². The van der Waals surface area contributed by atoms with E-state index in [4.69, 9.17) is 23.2 Å². The van der Waals surface area contributed by atoms with Gasteiger partial charge in [0, 0.05) is 13.1 Å². The summed E-state index contributed by atoms with van der Waals surface area (Å²) in [4.78, 5) is 28.5. The van der Waals surface area contributed by atoms with Crippen LogP contribution < -0.4 is 0 Å². The third-order valence-electron chi connectivity index (χ3n) is 5.36. The molecule has 2 amide bonds. The first-order chi connectivity index (χ1) is 14.8. The minimum atomic E-state index is -3.48. The molecule has 1 aliphatic heterocycles. The van der Waals surface area contributed by atoms with E-state index in [1.165, 1.54) is 9.80 Å². The number of alkyl halides is 2. The fraction of sp³-hybridized carbons (Fsp3) is 0.364. The van der Waals surface area contributed by atoms with Gasteiger partial charge in [0.1, 0.15) is 11.8 Å². The highest BCUT2D eigenvalue weighted by molar-refractivity contribution is 7.91. The van der Waals surface area contributed by atoms with Crippen LogP contribution in [-0.2, 0) is 32.5 Å². The van der Waals surface area contributed by atoms with Crippen molar-refractivity contribution in [2.24, 2.45) is 0 Å². The molecule has 2 atom stereocenters. The van der Waals surface area contributed by atoms with Gasteiger partial charge in [-0.3, -0.25) is 9.59 Å². The van der Waals surface area contributed by atoms with Crippen LogP contribution in [0.3, 0.4) is 0 Å². The maximum Gasteiger partial charge on any atom is 0.238 e. The maximum atomic E-state index is 12.7. The number of amides is 2. The predicted octanol–water partition coefficient (Wildman–Crippen LogP) is 2.69. The van der Waals surface area contributed by atoms with Crippen LogP contribution in [0.4, 0.5) is 0 Å². The Morgan fingerprint density at radius 3 is 1.42 bits per heavy atom. The molecular formula is C22H24Cl2N2O4S. The highest BCUT2D eigenvalue weighted by Gasteiger charge is 2.46. The summed E-state index contributed by atoms with van der Waals surface area (Å²) in [6.45, 7) is 0.411. The fourth-order valence-corrected chi connectivity index (χ4v) is 6.19. The van der Waals surface area contributed by atoms with Crippen molar-refractivity contribution < 1.29 is 18.0 Å². The zero-order valence-electron chi connectivity index (χ0n) is 16.9. The third kappa shape index (κ3) is 5.99. The van der Waals surface area contributed by atoms with E-state index in [-0.39, 0.29) is 48.2 Å². The number of sulfone groups is 1. The number of benzene rings is 2. The Labute approximate surface area is 192 Å². The minimum absolute atomic E-state index is 0.206. The number of halogens is 2. The Morgan fingerprint density at radius 1 is 0.742 bits per heavy atom. The zero-order valence-corrected chi connectivity index (χ0v) is 19.2. The normalized spacial score (nSPS) is 19.7. The van der Waals surface area contributed by atoms with Crippen LogP contribution in [-0.4, -0.2) is 65.4 Å². The van der Waals surface area contributed by atoms with Gasteiger partial charge >= 0.3 is 0 Å². The molecule has 1 fully saturated rings. The van der Waals surface area contributed by atoms with E-state index >= 15 is 0 Å². The average molecular weight is 483 g/mol. The minimum Gasteiger partial charge on any atom is -0.331 e. The van der Waals surface area contributed by atoms with Crippen LogP contribution in [0.2, 0.25) is 0 Å². The molecule has 166 valence electrons. The van der Waals surface area contributed by atoms with Crippen molar-refractivity contribution in [3.8, 4) is 0 Å². The van der Waals surface area contributed by atoms with Crippen LogP contribution in [0.1, 0.15) is 11.1 Å². The number of carbonyl (C=O) groups is 2. The molecule has 2 aromatic carbocycles. The van der Waals surface area contributed by atoms with E-state index in [2.05, 4.69) is 0 Å². The molecular weight excluding hydrogens is 459 g/mol. The summed E-state index contributed by atoms with van der Waals surface area (Å²) in [5.41, 5.74) is 1.70. The summed E-state index contributed by atoms with van der Waals surface area (Å²) in [7, 11) is -3.48. The highest BCUT2D eigenvalue weighted by atomic mass is 35.5. The summed E-state index contributed by atoms with van der Waals surface area (Å²) in [6, 6.07) is 17.1. The van der Waals surface area contributed by atoms with Crippen molar-refractivity contribution in [1.82, 2.24) is 9.80 Å². The topological polar surface area (TPSA) is 74.8 Å². The number of hydrogen-bond donors (Lipinski definition) is 0. The second kappa shape index (κ2) is 10.5. The van der Waals surface area contributed by atoms with Gasteiger partial charge in [0.2, 0.25) is 11.8 Å². The lowest BCUT2D eigenvalue weighted by atomic mass is 10.1. The van der Waals surface area contributed by atoms with Gasteiger partial charge in [0.05, 0.1) is 23.6 Å². The Bertz CT molecular complexity index is 927. The van der Waals surface area contributed by atoms with Crippen molar-refractivity contribution in [2.75, 3.05) is 23.3 Å². The second-order valence-electron chi connectivity index (χ2n) is 7.49. The first-order valence-corrected chi connectivity index (χ1v) is 12.7. The maximum absolute atomic E-state index is 12.7. The molecule has 0 aromatic heterocycles. The van der Waals surface area contributed by atoms with E-state index in [1.54, 1.807) is 0 Å². The molecule has 0 spiro atoms. The number of rotatable bonds is 8. The number of nitrogens with zero attached hydrogens (tertiary/aromatic N) is 2. The zero-order chi connectivity index (χ0) is 22.4. The molecule has 1 heterocycles. The van der Waals surface area contributed by atoms with Crippen molar-refractivity contribution in [1.29, 1.82) is 0 Å². The Kier molecular flexibility index (Phi) is 7.97. The van der Waals surface area contributed by atoms with Crippen LogP contribution in [0.25, 0.3) is 0 Å². The molecule has 0 radical (unpaired) electrons. The molecule has 0 bridgehead atoms. The van der Waals surface area contributed by atoms with Crippen LogP contribution in [0.5, 0.6) is 0 Å². The van der Waals surface area contributed by atoms with E-state index < -0.39 is 21.9 Å². The molecule has 0 N–H and O–H groups in total. The fourth-order valence-electron chi connectivity index (χ4n) is 3.90. The predicted molar refractivity (Wildman–Crippen MR) is 122 cm³/mol. The van der Waals surface area contributed by atoms with Crippen LogP contribution in [0.15, 0.2) is 60.7 Å². The Hall–Kier alpha value is -2.09. The highest BCUT2D eigenvalue weighted by Crippen LogP contribution is 2.27. The van der Waals surface area contributed by atoms with Crippen molar-refractivity contribution in [3.63, 3.8) is 0 Å². The van der Waals surface area contributed by atoms with Gasteiger partial charge in [-0.25, -0.2) is 8.42 Å². The molecule has 3 rings (SSSR count). The molecule has 2 unspecified atom stereocenters. The van der Waals surface area contributed by atoms with Gasteiger partial charge < -0.3 is 9.80 Å². The molecule has 31 heavy (non-hydrogen) atoms. The first-order valence-electron chi connectivity index (χ1n) is 9.83. The van der Waals surface area contributed by atoms with E-state index in [9.17, 15) is 18.0 Å². The van der Waals surface area contributed by atoms with Crippen LogP contribution >= 0.6 is 23.2 Å². The third-order valence-corrected chi connectivity index (χ3v) is 7.51. The molecule has 1 aliphatic rings. The smallest absolute Gasteiger partial charge is 0.238 e.